The fourth-order valence-electron chi connectivity index (χ4n) is 2.20. The summed E-state index contributed by atoms with van der Waals surface area (Å²) in [6.45, 7) is 0.493. The second-order valence-electron chi connectivity index (χ2n) is 4.74. The van der Waals surface area contributed by atoms with Crippen molar-refractivity contribution in [1.82, 2.24) is 9.91 Å². The van der Waals surface area contributed by atoms with Gasteiger partial charge in [-0.3, -0.25) is 4.79 Å². The molecule has 2 aliphatic rings. The Hall–Kier alpha value is -2.89. The summed E-state index contributed by atoms with van der Waals surface area (Å²) >= 11 is 0. The minimum Gasteiger partial charge on any atom is -0.478 e. The van der Waals surface area contributed by atoms with Crippen molar-refractivity contribution in [2.24, 2.45) is 5.10 Å². The van der Waals surface area contributed by atoms with Crippen LogP contribution in [0, 0.1) is 0 Å². The number of carboxylic acids is 1. The maximum atomic E-state index is 12.1. The van der Waals surface area contributed by atoms with Gasteiger partial charge in [-0.15, -0.1) is 0 Å². The monoisotopic (exact) mass is 283 g/mol. The van der Waals surface area contributed by atoms with Crippen LogP contribution in [0.5, 0.6) is 0 Å². The van der Waals surface area contributed by atoms with Crippen molar-refractivity contribution in [2.75, 3.05) is 6.54 Å². The van der Waals surface area contributed by atoms with E-state index in [1.165, 1.54) is 11.1 Å². The Morgan fingerprint density at radius 3 is 3.00 bits per heavy atom. The van der Waals surface area contributed by atoms with E-state index in [0.29, 0.717) is 5.84 Å². The molecule has 6 heteroatoms. The van der Waals surface area contributed by atoms with Crippen molar-refractivity contribution in [2.45, 2.75) is 6.54 Å². The highest BCUT2D eigenvalue weighted by Gasteiger charge is 2.25. The number of carboxylic acid groups (broad SMARTS) is 1. The summed E-state index contributed by atoms with van der Waals surface area (Å²) < 4.78 is 0. The van der Waals surface area contributed by atoms with Gasteiger partial charge in [0.25, 0.3) is 5.91 Å². The van der Waals surface area contributed by atoms with E-state index in [4.69, 9.17) is 5.11 Å². The lowest BCUT2D eigenvalue weighted by Gasteiger charge is -2.31. The van der Waals surface area contributed by atoms with Crippen molar-refractivity contribution < 1.29 is 14.7 Å². The maximum absolute atomic E-state index is 12.1. The molecule has 0 saturated heterocycles. The third kappa shape index (κ3) is 2.69. The molecule has 1 amide bonds. The number of carbonyl (C=O) groups is 2. The summed E-state index contributed by atoms with van der Waals surface area (Å²) in [4.78, 5) is 24.8. The predicted octanol–water partition coefficient (Wildman–Crippen LogP) is 1.43. The molecule has 21 heavy (non-hydrogen) atoms. The number of allylic oxidation sites excluding steroid dienone is 2. The number of hydrazone groups is 1. The summed E-state index contributed by atoms with van der Waals surface area (Å²) in [5, 5.41) is 14.7. The van der Waals surface area contributed by atoms with E-state index in [0.717, 1.165) is 5.56 Å². The molecular weight excluding hydrogens is 270 g/mol. The molecule has 0 radical (unpaired) electrons. The largest absolute Gasteiger partial charge is 0.478 e. The number of hydrogen-bond acceptors (Lipinski definition) is 4. The van der Waals surface area contributed by atoms with Gasteiger partial charge in [-0.2, -0.15) is 5.10 Å². The second kappa shape index (κ2) is 5.24. The third-order valence-corrected chi connectivity index (χ3v) is 3.24. The first-order valence-electron chi connectivity index (χ1n) is 6.46. The van der Waals surface area contributed by atoms with Gasteiger partial charge in [0.15, 0.2) is 5.84 Å². The lowest BCUT2D eigenvalue weighted by Crippen LogP contribution is -2.44. The minimum atomic E-state index is -0.986. The first kappa shape index (κ1) is 13.1. The van der Waals surface area contributed by atoms with Gasteiger partial charge in [-0.25, -0.2) is 9.80 Å². The fourth-order valence-corrected chi connectivity index (χ4v) is 2.20. The molecule has 106 valence electrons. The van der Waals surface area contributed by atoms with Crippen molar-refractivity contribution in [3.63, 3.8) is 0 Å². The third-order valence-electron chi connectivity index (χ3n) is 3.24. The number of nitrogens with zero attached hydrogens (tertiary/aromatic N) is 3. The van der Waals surface area contributed by atoms with Crippen LogP contribution >= 0.6 is 0 Å². The fraction of sp³-hybridized carbons (Fsp3) is 0.133. The van der Waals surface area contributed by atoms with Crippen molar-refractivity contribution >= 4 is 17.7 Å². The number of fused-ring (bicyclic) bond motifs is 1. The SMILES string of the molecule is O=C(O)c1cccc(CN2N=C3C=CC=CN3CC2=O)c1. The Bertz CT molecular complexity index is 691. The van der Waals surface area contributed by atoms with Crippen LogP contribution in [-0.4, -0.2) is 39.3 Å². The van der Waals surface area contributed by atoms with E-state index < -0.39 is 5.97 Å². The molecule has 6 nitrogen and oxygen atoms in total. The highest BCUT2D eigenvalue weighted by molar-refractivity contribution is 6.00. The minimum absolute atomic E-state index is 0.126. The quantitative estimate of drug-likeness (QED) is 0.910. The summed E-state index contributed by atoms with van der Waals surface area (Å²) in [7, 11) is 0. The summed E-state index contributed by atoms with van der Waals surface area (Å²) in [5.74, 6) is -0.412. The Kier molecular flexibility index (Phi) is 3.27. The molecule has 0 atom stereocenters. The average molecular weight is 283 g/mol. The predicted molar refractivity (Wildman–Crippen MR) is 76.4 cm³/mol. The lowest BCUT2D eigenvalue weighted by molar-refractivity contribution is -0.132. The Morgan fingerprint density at radius 1 is 1.33 bits per heavy atom. The number of rotatable bonds is 3. The van der Waals surface area contributed by atoms with Crippen molar-refractivity contribution in [1.29, 1.82) is 0 Å². The molecule has 1 aromatic carbocycles. The van der Waals surface area contributed by atoms with Gasteiger partial charge in [0, 0.05) is 6.20 Å². The highest BCUT2D eigenvalue weighted by Crippen LogP contribution is 2.15. The molecular formula is C15H13N3O3. The molecule has 2 heterocycles. The lowest BCUT2D eigenvalue weighted by atomic mass is 10.1. The van der Waals surface area contributed by atoms with E-state index in [1.54, 1.807) is 29.3 Å². The molecule has 0 aliphatic carbocycles. The van der Waals surface area contributed by atoms with Crippen LogP contribution in [0.2, 0.25) is 0 Å². The number of aromatic carboxylic acids is 1. The number of amides is 1. The van der Waals surface area contributed by atoms with E-state index in [1.807, 2.05) is 18.2 Å². The zero-order chi connectivity index (χ0) is 14.8. The van der Waals surface area contributed by atoms with Crippen LogP contribution in [0.1, 0.15) is 15.9 Å². The molecule has 1 N–H and O–H groups in total. The van der Waals surface area contributed by atoms with Crippen molar-refractivity contribution in [3.05, 3.63) is 59.8 Å². The highest BCUT2D eigenvalue weighted by atomic mass is 16.4. The van der Waals surface area contributed by atoms with Crippen LogP contribution in [0.4, 0.5) is 0 Å². The number of hydrogen-bond donors (Lipinski definition) is 1. The molecule has 0 spiro atoms. The number of amidine groups is 1. The van der Waals surface area contributed by atoms with Gasteiger partial charge in [0.1, 0.15) is 6.54 Å². The van der Waals surface area contributed by atoms with Crippen LogP contribution in [0.3, 0.4) is 0 Å². The summed E-state index contributed by atoms with van der Waals surface area (Å²) in [6, 6.07) is 6.52. The smallest absolute Gasteiger partial charge is 0.335 e. The molecule has 0 saturated carbocycles. The Morgan fingerprint density at radius 2 is 2.19 bits per heavy atom. The average Bonchev–Trinajstić information content (AvgIpc) is 2.48. The van der Waals surface area contributed by atoms with Crippen LogP contribution in [-0.2, 0) is 11.3 Å². The zero-order valence-electron chi connectivity index (χ0n) is 11.1. The number of benzene rings is 1. The van der Waals surface area contributed by atoms with Crippen LogP contribution < -0.4 is 0 Å². The van der Waals surface area contributed by atoms with Gasteiger partial charge < -0.3 is 10.0 Å². The van der Waals surface area contributed by atoms with Gasteiger partial charge in [0.2, 0.25) is 0 Å². The van der Waals surface area contributed by atoms with E-state index in [2.05, 4.69) is 5.10 Å². The Balaban J connectivity index is 1.83. The van der Waals surface area contributed by atoms with Crippen LogP contribution in [0.15, 0.2) is 53.8 Å². The molecule has 1 aromatic rings. The summed E-state index contributed by atoms with van der Waals surface area (Å²) in [6.07, 6.45) is 7.33. The van der Waals surface area contributed by atoms with E-state index in [9.17, 15) is 9.59 Å². The zero-order valence-corrected chi connectivity index (χ0v) is 11.1. The van der Waals surface area contributed by atoms with Gasteiger partial charge >= 0.3 is 5.97 Å². The first-order valence-corrected chi connectivity index (χ1v) is 6.46. The number of carbonyl (C=O) groups excluding carboxylic acids is 1. The molecule has 0 unspecified atom stereocenters. The van der Waals surface area contributed by atoms with Crippen LogP contribution in [0.25, 0.3) is 0 Å². The standard InChI is InChI=1S/C15H13N3O3/c19-14-10-17-7-2-1-6-13(17)16-18(14)9-11-4-3-5-12(8-11)15(20)21/h1-8H,9-10H2,(H,20,21). The normalized spacial score (nSPS) is 16.8. The van der Waals surface area contributed by atoms with E-state index >= 15 is 0 Å². The molecule has 2 aliphatic heterocycles. The second-order valence-corrected chi connectivity index (χ2v) is 4.74. The van der Waals surface area contributed by atoms with Gasteiger partial charge in [0.05, 0.1) is 12.1 Å². The van der Waals surface area contributed by atoms with Crippen molar-refractivity contribution in [3.8, 4) is 0 Å². The summed E-state index contributed by atoms with van der Waals surface area (Å²) in [5.41, 5.74) is 0.933. The molecule has 0 fully saturated rings. The first-order chi connectivity index (χ1) is 10.1. The molecule has 0 bridgehead atoms. The van der Waals surface area contributed by atoms with Gasteiger partial charge in [-0.05, 0) is 29.8 Å². The van der Waals surface area contributed by atoms with E-state index in [-0.39, 0.29) is 24.6 Å². The Labute approximate surface area is 121 Å². The topological polar surface area (TPSA) is 73.2 Å². The molecule has 3 rings (SSSR count). The maximum Gasteiger partial charge on any atom is 0.335 e. The molecule has 0 aromatic heterocycles. The van der Waals surface area contributed by atoms with Gasteiger partial charge in [-0.1, -0.05) is 18.2 Å².